The van der Waals surface area contributed by atoms with E-state index < -0.39 is 0 Å². The summed E-state index contributed by atoms with van der Waals surface area (Å²) in [5.41, 5.74) is -0.232. The number of rotatable bonds is 3. The third-order valence-electron chi connectivity index (χ3n) is 2.49. The number of alkyl halides is 1. The summed E-state index contributed by atoms with van der Waals surface area (Å²) in [5.74, 6) is 0.733. The molecule has 1 amide bonds. The predicted molar refractivity (Wildman–Crippen MR) is 64.2 cm³/mol. The zero-order valence-corrected chi connectivity index (χ0v) is 11.3. The number of hydrogen-bond donors (Lipinski definition) is 0. The lowest BCUT2D eigenvalue weighted by atomic mass is 10.2. The third kappa shape index (κ3) is 4.51. The van der Waals surface area contributed by atoms with Gasteiger partial charge in [-0.05, 0) is 33.1 Å². The number of carbonyl (C=O) groups is 1. The Morgan fingerprint density at radius 2 is 2.20 bits per heavy atom. The maximum Gasteiger partial charge on any atom is 0.248 e. The summed E-state index contributed by atoms with van der Waals surface area (Å²) in [4.78, 5) is 13.6. The summed E-state index contributed by atoms with van der Waals surface area (Å²) in [7, 11) is 0. The van der Waals surface area contributed by atoms with Crippen LogP contribution in [0.15, 0.2) is 0 Å². The highest BCUT2D eigenvalue weighted by atomic mass is 79.9. The zero-order valence-electron chi connectivity index (χ0n) is 9.75. The van der Waals surface area contributed by atoms with E-state index in [0.717, 1.165) is 24.8 Å². The van der Waals surface area contributed by atoms with E-state index in [9.17, 15) is 4.79 Å². The summed E-state index contributed by atoms with van der Waals surface area (Å²) < 4.78 is 5.47. The van der Waals surface area contributed by atoms with E-state index in [1.807, 2.05) is 25.7 Å². The van der Waals surface area contributed by atoms with Gasteiger partial charge in [0, 0.05) is 18.4 Å². The highest BCUT2D eigenvalue weighted by Gasteiger charge is 2.26. The smallest absolute Gasteiger partial charge is 0.248 e. The van der Waals surface area contributed by atoms with Crippen LogP contribution in [0.5, 0.6) is 0 Å². The lowest BCUT2D eigenvalue weighted by Crippen LogP contribution is -2.35. The molecule has 0 radical (unpaired) electrons. The first-order valence-corrected chi connectivity index (χ1v) is 6.52. The Labute approximate surface area is 100 Å². The summed E-state index contributed by atoms with van der Waals surface area (Å²) in [6, 6.07) is 0. The first-order valence-electron chi connectivity index (χ1n) is 5.40. The van der Waals surface area contributed by atoms with Crippen LogP contribution in [0.4, 0.5) is 0 Å². The van der Waals surface area contributed by atoms with E-state index in [0.29, 0.717) is 5.92 Å². The molecule has 15 heavy (non-hydrogen) atoms. The molecule has 1 heterocycles. The van der Waals surface area contributed by atoms with Crippen LogP contribution in [0, 0.1) is 5.92 Å². The lowest BCUT2D eigenvalue weighted by molar-refractivity contribution is -0.140. The molecule has 1 atom stereocenters. The average molecular weight is 278 g/mol. The molecule has 4 heteroatoms. The number of ether oxygens (including phenoxy) is 1. The molecule has 0 bridgehead atoms. The first kappa shape index (κ1) is 13.0. The molecule has 1 fully saturated rings. The Balaban J connectivity index is 2.30. The summed E-state index contributed by atoms with van der Waals surface area (Å²) in [6.07, 6.45) is 1.10. The van der Waals surface area contributed by atoms with Gasteiger partial charge in [0.05, 0.1) is 5.60 Å². The quantitative estimate of drug-likeness (QED) is 0.739. The molecule has 0 aromatic rings. The molecule has 1 unspecified atom stereocenters. The third-order valence-corrected chi connectivity index (χ3v) is 3.40. The van der Waals surface area contributed by atoms with Gasteiger partial charge in [-0.2, -0.15) is 0 Å². The second-order valence-corrected chi connectivity index (χ2v) is 5.70. The molecule has 0 aromatic heterocycles. The second-order valence-electron chi connectivity index (χ2n) is 5.05. The van der Waals surface area contributed by atoms with Gasteiger partial charge in [0.25, 0.3) is 0 Å². The second kappa shape index (κ2) is 5.30. The van der Waals surface area contributed by atoms with E-state index >= 15 is 0 Å². The lowest BCUT2D eigenvalue weighted by Gasteiger charge is -2.22. The molecule has 88 valence electrons. The molecule has 0 N–H and O–H groups in total. The molecular weight excluding hydrogens is 258 g/mol. The van der Waals surface area contributed by atoms with Gasteiger partial charge in [-0.1, -0.05) is 15.9 Å². The molecule has 0 spiro atoms. The van der Waals surface area contributed by atoms with Crippen LogP contribution in [0.25, 0.3) is 0 Å². The maximum absolute atomic E-state index is 11.7. The number of halogens is 1. The fraction of sp³-hybridized carbons (Fsp3) is 0.909. The van der Waals surface area contributed by atoms with Gasteiger partial charge in [0.2, 0.25) is 5.91 Å². The van der Waals surface area contributed by atoms with Gasteiger partial charge in [-0.15, -0.1) is 0 Å². The monoisotopic (exact) mass is 277 g/mol. The minimum atomic E-state index is -0.232. The van der Waals surface area contributed by atoms with Crippen LogP contribution < -0.4 is 0 Å². The van der Waals surface area contributed by atoms with Crippen LogP contribution in [-0.4, -0.2) is 41.4 Å². The van der Waals surface area contributed by atoms with Crippen LogP contribution >= 0.6 is 15.9 Å². The van der Waals surface area contributed by atoms with Gasteiger partial charge in [-0.3, -0.25) is 4.79 Å². The molecule has 3 nitrogen and oxygen atoms in total. The standard InChI is InChI=1S/C11H20BrNO2/c1-11(2,3)15-8-10(14)13-5-4-9(6-12)7-13/h9H,4-8H2,1-3H3. The van der Waals surface area contributed by atoms with Crippen LogP contribution in [0.2, 0.25) is 0 Å². The average Bonchev–Trinajstić information content (AvgIpc) is 2.61. The Morgan fingerprint density at radius 3 is 2.67 bits per heavy atom. The Bertz CT molecular complexity index is 225. The number of likely N-dealkylation sites (tertiary alicyclic amines) is 1. The van der Waals surface area contributed by atoms with Gasteiger partial charge < -0.3 is 9.64 Å². The van der Waals surface area contributed by atoms with Crippen molar-refractivity contribution in [1.29, 1.82) is 0 Å². The van der Waals surface area contributed by atoms with Gasteiger partial charge >= 0.3 is 0 Å². The zero-order chi connectivity index (χ0) is 11.5. The minimum Gasteiger partial charge on any atom is -0.366 e. The van der Waals surface area contributed by atoms with Gasteiger partial charge in [0.1, 0.15) is 6.61 Å². The Morgan fingerprint density at radius 1 is 1.53 bits per heavy atom. The van der Waals surface area contributed by atoms with Crippen LogP contribution in [0.1, 0.15) is 27.2 Å². The number of amides is 1. The number of hydrogen-bond acceptors (Lipinski definition) is 2. The molecule has 0 aliphatic carbocycles. The summed E-state index contributed by atoms with van der Waals surface area (Å²) in [5, 5.41) is 0.983. The highest BCUT2D eigenvalue weighted by molar-refractivity contribution is 9.09. The topological polar surface area (TPSA) is 29.5 Å². The molecule has 0 aromatic carbocycles. The molecule has 1 aliphatic rings. The molecule has 1 rings (SSSR count). The predicted octanol–water partition coefficient (Wildman–Crippen LogP) is 2.04. The first-order chi connectivity index (χ1) is 6.92. The highest BCUT2D eigenvalue weighted by Crippen LogP contribution is 2.18. The van der Waals surface area contributed by atoms with E-state index in [-0.39, 0.29) is 18.1 Å². The number of nitrogens with zero attached hydrogens (tertiary/aromatic N) is 1. The van der Waals surface area contributed by atoms with Crippen molar-refractivity contribution in [2.45, 2.75) is 32.8 Å². The van der Waals surface area contributed by atoms with Crippen molar-refractivity contribution in [3.8, 4) is 0 Å². The van der Waals surface area contributed by atoms with Crippen molar-refractivity contribution >= 4 is 21.8 Å². The minimum absolute atomic E-state index is 0.119. The van der Waals surface area contributed by atoms with Crippen LogP contribution in [0.3, 0.4) is 0 Å². The molecule has 0 saturated carbocycles. The Hall–Kier alpha value is -0.0900. The molecule has 1 saturated heterocycles. The van der Waals surface area contributed by atoms with Crippen molar-refractivity contribution in [3.63, 3.8) is 0 Å². The van der Waals surface area contributed by atoms with Crippen molar-refractivity contribution in [1.82, 2.24) is 4.90 Å². The number of carbonyl (C=O) groups excluding carboxylic acids is 1. The molecule has 1 aliphatic heterocycles. The van der Waals surface area contributed by atoms with E-state index in [1.54, 1.807) is 0 Å². The van der Waals surface area contributed by atoms with Crippen molar-refractivity contribution < 1.29 is 9.53 Å². The van der Waals surface area contributed by atoms with Crippen molar-refractivity contribution in [2.24, 2.45) is 5.92 Å². The SMILES string of the molecule is CC(C)(C)OCC(=O)N1CCC(CBr)C1. The van der Waals surface area contributed by atoms with E-state index in [1.165, 1.54) is 0 Å². The largest absolute Gasteiger partial charge is 0.366 e. The van der Waals surface area contributed by atoms with Crippen molar-refractivity contribution in [2.75, 3.05) is 25.0 Å². The van der Waals surface area contributed by atoms with Crippen molar-refractivity contribution in [3.05, 3.63) is 0 Å². The summed E-state index contributed by atoms with van der Waals surface area (Å²) in [6.45, 7) is 7.85. The van der Waals surface area contributed by atoms with E-state index in [4.69, 9.17) is 4.74 Å². The maximum atomic E-state index is 11.7. The fourth-order valence-corrected chi connectivity index (χ4v) is 2.08. The van der Waals surface area contributed by atoms with E-state index in [2.05, 4.69) is 15.9 Å². The fourth-order valence-electron chi connectivity index (χ4n) is 1.55. The van der Waals surface area contributed by atoms with Gasteiger partial charge in [0.15, 0.2) is 0 Å². The summed E-state index contributed by atoms with van der Waals surface area (Å²) >= 11 is 3.45. The Kier molecular flexibility index (Phi) is 4.59. The molecular formula is C11H20BrNO2. The van der Waals surface area contributed by atoms with Crippen LogP contribution in [-0.2, 0) is 9.53 Å². The van der Waals surface area contributed by atoms with Gasteiger partial charge in [-0.25, -0.2) is 0 Å². The normalized spacial score (nSPS) is 22.1.